The topological polar surface area (TPSA) is 43.4 Å². The predicted molar refractivity (Wildman–Crippen MR) is 121 cm³/mol. The van der Waals surface area contributed by atoms with E-state index in [1.54, 1.807) is 24.3 Å². The first-order chi connectivity index (χ1) is 14.7. The first kappa shape index (κ1) is 23.1. The van der Waals surface area contributed by atoms with Gasteiger partial charge in [-0.2, -0.15) is 0 Å². The summed E-state index contributed by atoms with van der Waals surface area (Å²) >= 11 is 0. The molecule has 2 rings (SSSR count). The van der Waals surface area contributed by atoms with E-state index in [9.17, 15) is 0 Å². The fourth-order valence-electron chi connectivity index (χ4n) is 2.41. The van der Waals surface area contributed by atoms with Gasteiger partial charge in [0.15, 0.2) is 0 Å². The van der Waals surface area contributed by atoms with Crippen LogP contribution >= 0.6 is 0 Å². The monoisotopic (exact) mass is 408 g/mol. The Bertz CT molecular complexity index is 709. The lowest BCUT2D eigenvalue weighted by Gasteiger charge is -2.22. The molecular formula is C24H28N2O4. The van der Waals surface area contributed by atoms with Crippen LogP contribution in [0.4, 0.5) is 11.4 Å². The molecule has 0 heterocycles. The number of benzene rings is 2. The van der Waals surface area contributed by atoms with Gasteiger partial charge in [-0.15, -0.1) is 36.8 Å². The van der Waals surface area contributed by atoms with Crippen molar-refractivity contribution < 1.29 is 19.4 Å². The van der Waals surface area contributed by atoms with E-state index in [0.29, 0.717) is 26.4 Å². The Morgan fingerprint density at radius 2 is 0.767 bits per heavy atom. The fraction of sp³-hybridized carbons (Fsp3) is 0.167. The third-order valence-electron chi connectivity index (χ3n) is 3.73. The third-order valence-corrected chi connectivity index (χ3v) is 3.73. The van der Waals surface area contributed by atoms with Crippen LogP contribution in [0.15, 0.2) is 99.2 Å². The highest BCUT2D eigenvalue weighted by atomic mass is 17.0. The Kier molecular flexibility index (Phi) is 10.1. The maximum Gasteiger partial charge on any atom is 0.0954 e. The Morgan fingerprint density at radius 1 is 0.500 bits per heavy atom. The number of anilines is 2. The summed E-state index contributed by atoms with van der Waals surface area (Å²) < 4.78 is 0. The second-order valence-corrected chi connectivity index (χ2v) is 5.95. The van der Waals surface area contributed by atoms with Crippen molar-refractivity contribution in [3.63, 3.8) is 0 Å². The lowest BCUT2D eigenvalue weighted by Crippen LogP contribution is -2.24. The molecule has 2 aromatic rings. The van der Waals surface area contributed by atoms with E-state index in [4.69, 9.17) is 19.4 Å². The highest BCUT2D eigenvalue weighted by Gasteiger charge is 2.10. The van der Waals surface area contributed by atoms with Crippen LogP contribution < -0.4 is 10.5 Å². The molecule has 6 nitrogen and oxygen atoms in total. The van der Waals surface area contributed by atoms with E-state index >= 15 is 0 Å². The first-order valence-electron chi connectivity index (χ1n) is 9.49. The van der Waals surface area contributed by atoms with E-state index in [0.717, 1.165) is 22.5 Å². The fourth-order valence-corrected chi connectivity index (χ4v) is 2.41. The van der Waals surface area contributed by atoms with E-state index < -0.39 is 0 Å². The maximum atomic E-state index is 5.53. The molecule has 0 spiro atoms. The maximum absolute atomic E-state index is 5.53. The second kappa shape index (κ2) is 13.1. The van der Waals surface area contributed by atoms with Crippen LogP contribution in [-0.4, -0.2) is 26.4 Å². The molecule has 6 heteroatoms. The number of hydrogen-bond donors (Lipinski definition) is 0. The van der Waals surface area contributed by atoms with Gasteiger partial charge in [-0.25, -0.2) is 19.4 Å². The average molecular weight is 408 g/mol. The van der Waals surface area contributed by atoms with Crippen molar-refractivity contribution in [2.75, 3.05) is 36.9 Å². The van der Waals surface area contributed by atoms with E-state index in [1.165, 1.54) is 10.5 Å². The quantitative estimate of drug-likeness (QED) is 0.289. The zero-order chi connectivity index (χ0) is 21.6. The molecule has 0 aliphatic heterocycles. The predicted octanol–water partition coefficient (Wildman–Crippen LogP) is 5.44. The van der Waals surface area contributed by atoms with Crippen molar-refractivity contribution in [1.82, 2.24) is 0 Å². The molecule has 0 saturated carbocycles. The molecule has 2 aromatic carbocycles. The molecule has 0 aliphatic carbocycles. The van der Waals surface area contributed by atoms with E-state index in [-0.39, 0.29) is 0 Å². The molecule has 0 atom stereocenters. The number of hydrogen-bond acceptors (Lipinski definition) is 6. The summed E-state index contributed by atoms with van der Waals surface area (Å²) in [5, 5.41) is 2.73. The van der Waals surface area contributed by atoms with Gasteiger partial charge >= 0.3 is 0 Å². The van der Waals surface area contributed by atoms with Crippen molar-refractivity contribution in [3.05, 3.63) is 99.2 Å². The Balaban J connectivity index is 2.13. The first-order valence-corrected chi connectivity index (χ1v) is 9.49. The van der Waals surface area contributed by atoms with E-state index in [2.05, 4.69) is 26.3 Å². The Labute approximate surface area is 178 Å². The molecule has 0 saturated heterocycles. The van der Waals surface area contributed by atoms with Crippen molar-refractivity contribution in [2.24, 2.45) is 0 Å². The largest absolute Gasteiger partial charge is 0.244 e. The van der Waals surface area contributed by atoms with E-state index in [1.807, 2.05) is 48.5 Å². The van der Waals surface area contributed by atoms with Crippen LogP contribution in [0.5, 0.6) is 0 Å². The normalized spacial score (nSPS) is 10.3. The summed E-state index contributed by atoms with van der Waals surface area (Å²) in [5.74, 6) is 0. The van der Waals surface area contributed by atoms with Crippen molar-refractivity contribution >= 4 is 11.4 Å². The van der Waals surface area contributed by atoms with Crippen molar-refractivity contribution in [3.8, 4) is 11.1 Å². The summed E-state index contributed by atoms with van der Waals surface area (Å²) in [7, 11) is 0. The average Bonchev–Trinajstić information content (AvgIpc) is 2.80. The molecular weight excluding hydrogens is 380 g/mol. The molecule has 0 amide bonds. The minimum absolute atomic E-state index is 0.332. The van der Waals surface area contributed by atoms with Gasteiger partial charge in [0, 0.05) is 0 Å². The highest BCUT2D eigenvalue weighted by molar-refractivity contribution is 5.67. The van der Waals surface area contributed by atoms with Crippen LogP contribution in [0, 0.1) is 0 Å². The Morgan fingerprint density at radius 3 is 1.00 bits per heavy atom. The number of nitrogens with zero attached hydrogens (tertiary/aromatic N) is 2. The molecule has 0 aliphatic rings. The van der Waals surface area contributed by atoms with Crippen molar-refractivity contribution in [1.29, 1.82) is 0 Å². The smallest absolute Gasteiger partial charge is 0.0954 e. The minimum Gasteiger partial charge on any atom is -0.244 e. The summed E-state index contributed by atoms with van der Waals surface area (Å²) in [6.45, 7) is 15.9. The Hall–Kier alpha value is -3.16. The van der Waals surface area contributed by atoms with Gasteiger partial charge in [0.1, 0.15) is 0 Å². The summed E-state index contributed by atoms with van der Waals surface area (Å²) in [6, 6.07) is 15.6. The summed E-state index contributed by atoms with van der Waals surface area (Å²) in [6.07, 6.45) is 6.62. The zero-order valence-corrected chi connectivity index (χ0v) is 17.1. The highest BCUT2D eigenvalue weighted by Crippen LogP contribution is 2.26. The minimum atomic E-state index is 0.332. The molecule has 0 radical (unpaired) electrons. The summed E-state index contributed by atoms with van der Waals surface area (Å²) in [5.41, 5.74) is 3.62. The number of rotatable bonds is 15. The molecule has 0 unspecified atom stereocenters. The van der Waals surface area contributed by atoms with Crippen LogP contribution in [0.25, 0.3) is 11.1 Å². The molecule has 0 aromatic heterocycles. The van der Waals surface area contributed by atoms with Gasteiger partial charge in [0.2, 0.25) is 0 Å². The van der Waals surface area contributed by atoms with Gasteiger partial charge in [0.25, 0.3) is 0 Å². The second-order valence-electron chi connectivity index (χ2n) is 5.95. The van der Waals surface area contributed by atoms with Crippen molar-refractivity contribution in [2.45, 2.75) is 0 Å². The van der Waals surface area contributed by atoms with Gasteiger partial charge < -0.3 is 0 Å². The van der Waals surface area contributed by atoms with Crippen LogP contribution in [0.2, 0.25) is 0 Å². The van der Waals surface area contributed by atoms with Crippen LogP contribution in [0.3, 0.4) is 0 Å². The van der Waals surface area contributed by atoms with Crippen LogP contribution in [-0.2, 0) is 19.4 Å². The molecule has 0 fully saturated rings. The van der Waals surface area contributed by atoms with Gasteiger partial charge in [-0.1, -0.05) is 48.6 Å². The molecule has 0 N–H and O–H groups in total. The van der Waals surface area contributed by atoms with Gasteiger partial charge in [-0.3, -0.25) is 0 Å². The molecule has 0 bridgehead atoms. The standard InChI is InChI=1S/C24H28N2O4/c1-5-17-27-25(28-18-6-2)23-13-9-21(10-14-23)22-11-15-24(16-12-22)26(29-19-7-3)30-20-8-4/h5-16H,1-4,17-20H2. The van der Waals surface area contributed by atoms with Gasteiger partial charge in [-0.05, 0) is 35.4 Å². The third kappa shape index (κ3) is 7.02. The molecule has 30 heavy (non-hydrogen) atoms. The SMILES string of the molecule is C=CCON(OCC=C)c1ccc(-c2ccc(N(OCC=C)OCC=C)cc2)cc1. The zero-order valence-electron chi connectivity index (χ0n) is 17.1. The van der Waals surface area contributed by atoms with Gasteiger partial charge in [0.05, 0.1) is 37.8 Å². The lowest BCUT2D eigenvalue weighted by atomic mass is 10.1. The summed E-state index contributed by atoms with van der Waals surface area (Å²) in [4.78, 5) is 22.1. The molecule has 158 valence electrons. The van der Waals surface area contributed by atoms with Crippen LogP contribution in [0.1, 0.15) is 0 Å². The lowest BCUT2D eigenvalue weighted by molar-refractivity contribution is -0.0714.